The Morgan fingerprint density at radius 3 is 2.86 bits per heavy atom. The zero-order valence-electron chi connectivity index (χ0n) is 11.9. The van der Waals surface area contributed by atoms with Crippen molar-refractivity contribution in [3.8, 4) is 0 Å². The van der Waals surface area contributed by atoms with Crippen molar-refractivity contribution in [3.63, 3.8) is 0 Å². The molecule has 21 heavy (non-hydrogen) atoms. The Morgan fingerprint density at radius 1 is 1.43 bits per heavy atom. The van der Waals surface area contributed by atoms with Crippen molar-refractivity contribution in [3.05, 3.63) is 39.3 Å². The van der Waals surface area contributed by atoms with Gasteiger partial charge in [0.15, 0.2) is 0 Å². The number of hydrogen-bond donors (Lipinski definition) is 2. The maximum atomic E-state index is 12.1. The number of thiophene rings is 1. The van der Waals surface area contributed by atoms with Gasteiger partial charge in [-0.3, -0.25) is 14.9 Å². The van der Waals surface area contributed by atoms with Gasteiger partial charge in [-0.25, -0.2) is 0 Å². The number of non-ortho nitro benzene ring substituents is 1. The third-order valence-electron chi connectivity index (χ3n) is 3.06. The molecule has 1 aromatic carbocycles. The van der Waals surface area contributed by atoms with Crippen LogP contribution in [0.3, 0.4) is 0 Å². The highest BCUT2D eigenvalue weighted by atomic mass is 32.1. The van der Waals surface area contributed by atoms with Crippen molar-refractivity contribution in [1.82, 2.24) is 10.6 Å². The normalized spacial score (nSPS) is 12.3. The zero-order chi connectivity index (χ0) is 15.4. The molecule has 0 fully saturated rings. The summed E-state index contributed by atoms with van der Waals surface area (Å²) < 4.78 is 0.866. The average Bonchev–Trinajstić information content (AvgIpc) is 2.87. The van der Waals surface area contributed by atoms with E-state index in [4.69, 9.17) is 0 Å². The molecular formula is C14H17N3O3S. The number of likely N-dealkylation sites (N-methyl/N-ethyl adjacent to an activating group) is 1. The summed E-state index contributed by atoms with van der Waals surface area (Å²) in [5.74, 6) is -0.149. The van der Waals surface area contributed by atoms with E-state index < -0.39 is 4.92 Å². The zero-order valence-corrected chi connectivity index (χ0v) is 12.7. The van der Waals surface area contributed by atoms with E-state index in [1.54, 1.807) is 12.1 Å². The second kappa shape index (κ2) is 6.64. The third kappa shape index (κ3) is 3.77. The van der Waals surface area contributed by atoms with Crippen LogP contribution in [0.2, 0.25) is 0 Å². The van der Waals surface area contributed by atoms with Crippen LogP contribution in [0.25, 0.3) is 10.1 Å². The Kier molecular flexibility index (Phi) is 4.87. The molecule has 0 bridgehead atoms. The number of hydrogen-bond acceptors (Lipinski definition) is 5. The molecule has 1 atom stereocenters. The van der Waals surface area contributed by atoms with Crippen molar-refractivity contribution in [2.45, 2.75) is 19.9 Å². The van der Waals surface area contributed by atoms with Gasteiger partial charge in [-0.1, -0.05) is 6.92 Å². The van der Waals surface area contributed by atoms with Gasteiger partial charge in [-0.15, -0.1) is 11.3 Å². The van der Waals surface area contributed by atoms with Crippen LogP contribution in [0, 0.1) is 10.1 Å². The van der Waals surface area contributed by atoms with Crippen LogP contribution in [0.5, 0.6) is 0 Å². The summed E-state index contributed by atoms with van der Waals surface area (Å²) in [5.41, 5.74) is 0.0352. The first-order valence-corrected chi connectivity index (χ1v) is 7.52. The third-order valence-corrected chi connectivity index (χ3v) is 4.17. The lowest BCUT2D eigenvalue weighted by molar-refractivity contribution is -0.384. The highest BCUT2D eigenvalue weighted by molar-refractivity contribution is 7.20. The second-order valence-electron chi connectivity index (χ2n) is 4.76. The molecule has 1 heterocycles. The van der Waals surface area contributed by atoms with Gasteiger partial charge in [-0.2, -0.15) is 0 Å². The molecule has 0 aliphatic carbocycles. The Labute approximate surface area is 126 Å². The van der Waals surface area contributed by atoms with Gasteiger partial charge in [0.2, 0.25) is 0 Å². The van der Waals surface area contributed by atoms with Crippen LogP contribution in [0.15, 0.2) is 24.3 Å². The van der Waals surface area contributed by atoms with E-state index in [-0.39, 0.29) is 17.6 Å². The van der Waals surface area contributed by atoms with Crippen molar-refractivity contribution >= 4 is 33.0 Å². The number of benzene rings is 1. The number of rotatable bonds is 6. The molecule has 0 unspecified atom stereocenters. The minimum atomic E-state index is -0.436. The maximum Gasteiger partial charge on any atom is 0.270 e. The van der Waals surface area contributed by atoms with E-state index in [0.717, 1.165) is 16.6 Å². The lowest BCUT2D eigenvalue weighted by Crippen LogP contribution is -2.38. The molecule has 2 N–H and O–H groups in total. The molecule has 0 aliphatic heterocycles. The fourth-order valence-corrected chi connectivity index (χ4v) is 2.97. The lowest BCUT2D eigenvalue weighted by Gasteiger charge is -2.12. The SMILES string of the molecule is CCN[C@H](C)CNC(=O)c1cc2cc([N+](=O)[O-])ccc2s1. The van der Waals surface area contributed by atoms with E-state index >= 15 is 0 Å². The minimum Gasteiger partial charge on any atom is -0.350 e. The number of amides is 1. The molecular weight excluding hydrogens is 290 g/mol. The van der Waals surface area contributed by atoms with Crippen LogP contribution < -0.4 is 10.6 Å². The number of nitro benzene ring substituents is 1. The van der Waals surface area contributed by atoms with Crippen molar-refractivity contribution < 1.29 is 9.72 Å². The summed E-state index contributed by atoms with van der Waals surface area (Å²) in [7, 11) is 0. The number of nitrogens with one attached hydrogen (secondary N) is 2. The first-order valence-electron chi connectivity index (χ1n) is 6.70. The smallest absolute Gasteiger partial charge is 0.270 e. The van der Waals surface area contributed by atoms with E-state index in [1.807, 2.05) is 13.8 Å². The Hall–Kier alpha value is -1.99. The molecule has 2 rings (SSSR count). The molecule has 112 valence electrons. The number of carbonyl (C=O) groups excluding carboxylic acids is 1. The quantitative estimate of drug-likeness (QED) is 0.634. The lowest BCUT2D eigenvalue weighted by atomic mass is 10.2. The van der Waals surface area contributed by atoms with Gasteiger partial charge < -0.3 is 10.6 Å². The fourth-order valence-electron chi connectivity index (χ4n) is 2.01. The van der Waals surface area contributed by atoms with Gasteiger partial charge in [0.25, 0.3) is 11.6 Å². The van der Waals surface area contributed by atoms with Crippen LogP contribution in [-0.2, 0) is 0 Å². The Morgan fingerprint density at radius 2 is 2.19 bits per heavy atom. The molecule has 0 spiro atoms. The van der Waals surface area contributed by atoms with Crippen molar-refractivity contribution in [2.75, 3.05) is 13.1 Å². The van der Waals surface area contributed by atoms with Crippen LogP contribution in [0.1, 0.15) is 23.5 Å². The average molecular weight is 307 g/mol. The first kappa shape index (κ1) is 15.4. The molecule has 0 radical (unpaired) electrons. The van der Waals surface area contributed by atoms with E-state index in [2.05, 4.69) is 10.6 Å². The van der Waals surface area contributed by atoms with E-state index in [0.29, 0.717) is 11.4 Å². The molecule has 0 saturated heterocycles. The molecule has 0 aliphatic rings. The highest BCUT2D eigenvalue weighted by Crippen LogP contribution is 2.28. The summed E-state index contributed by atoms with van der Waals surface area (Å²) in [6.45, 7) is 5.40. The first-order chi connectivity index (χ1) is 10.0. The Balaban J connectivity index is 2.11. The standard InChI is InChI=1S/C14H17N3O3S/c1-3-15-9(2)8-16-14(18)13-7-10-6-11(17(19)20)4-5-12(10)21-13/h4-7,9,15H,3,8H2,1-2H3,(H,16,18)/t9-/m1/s1. The van der Waals surface area contributed by atoms with E-state index in [1.165, 1.54) is 23.5 Å². The number of fused-ring (bicyclic) bond motifs is 1. The minimum absolute atomic E-state index is 0.0352. The number of nitrogens with zero attached hydrogens (tertiary/aromatic N) is 1. The van der Waals surface area contributed by atoms with Crippen molar-refractivity contribution in [2.24, 2.45) is 0 Å². The molecule has 7 heteroatoms. The van der Waals surface area contributed by atoms with Crippen molar-refractivity contribution in [1.29, 1.82) is 0 Å². The van der Waals surface area contributed by atoms with Crippen LogP contribution in [-0.4, -0.2) is 30.0 Å². The maximum absolute atomic E-state index is 12.1. The highest BCUT2D eigenvalue weighted by Gasteiger charge is 2.13. The molecule has 6 nitrogen and oxygen atoms in total. The molecule has 0 saturated carbocycles. The summed E-state index contributed by atoms with van der Waals surface area (Å²) in [4.78, 5) is 23.0. The number of carbonyl (C=O) groups is 1. The van der Waals surface area contributed by atoms with Gasteiger partial charge in [0, 0.05) is 34.8 Å². The van der Waals surface area contributed by atoms with Gasteiger partial charge in [0.05, 0.1) is 9.80 Å². The second-order valence-corrected chi connectivity index (χ2v) is 5.84. The topological polar surface area (TPSA) is 84.3 Å². The molecule has 1 aromatic heterocycles. The summed E-state index contributed by atoms with van der Waals surface area (Å²) in [6.07, 6.45) is 0. The summed E-state index contributed by atoms with van der Waals surface area (Å²) in [5, 5.41) is 17.5. The number of nitro groups is 1. The van der Waals surface area contributed by atoms with Gasteiger partial charge >= 0.3 is 0 Å². The summed E-state index contributed by atoms with van der Waals surface area (Å²) in [6, 6.07) is 6.52. The largest absolute Gasteiger partial charge is 0.350 e. The van der Waals surface area contributed by atoms with Crippen LogP contribution >= 0.6 is 11.3 Å². The molecule has 1 amide bonds. The predicted molar refractivity (Wildman–Crippen MR) is 84.0 cm³/mol. The monoisotopic (exact) mass is 307 g/mol. The Bertz CT molecular complexity index is 669. The predicted octanol–water partition coefficient (Wildman–Crippen LogP) is 2.54. The van der Waals surface area contributed by atoms with Gasteiger partial charge in [0.1, 0.15) is 0 Å². The summed E-state index contributed by atoms with van der Waals surface area (Å²) >= 11 is 1.34. The molecule has 2 aromatic rings. The fraction of sp³-hybridized carbons (Fsp3) is 0.357. The van der Waals surface area contributed by atoms with Crippen LogP contribution in [0.4, 0.5) is 5.69 Å². The van der Waals surface area contributed by atoms with E-state index in [9.17, 15) is 14.9 Å². The van der Waals surface area contributed by atoms with Gasteiger partial charge in [-0.05, 0) is 25.6 Å².